The smallest absolute Gasteiger partial charge is 0.251 e. The number of carbonyl (C=O) groups is 2. The number of ether oxygens (including phenoxy) is 3. The Balaban J connectivity index is 1.00. The Morgan fingerprint density at radius 2 is 1.88 bits per heavy atom. The van der Waals surface area contributed by atoms with Crippen LogP contribution in [0.5, 0.6) is 17.4 Å². The summed E-state index contributed by atoms with van der Waals surface area (Å²) >= 11 is 0. The third kappa shape index (κ3) is 4.94. The number of likely N-dealkylation sites (tertiary alicyclic amines) is 1. The molecule has 1 aromatic heterocycles. The van der Waals surface area contributed by atoms with Crippen LogP contribution in [0.3, 0.4) is 0 Å². The first-order valence-electron chi connectivity index (χ1n) is 11.8. The number of benzene rings is 1. The summed E-state index contributed by atoms with van der Waals surface area (Å²) in [6.07, 6.45) is 6.55. The summed E-state index contributed by atoms with van der Waals surface area (Å²) in [5.74, 6) is 1.89. The maximum atomic E-state index is 12.3. The number of aromatic nitrogens is 1. The molecule has 0 spiro atoms. The monoisotopic (exact) mass is 466 g/mol. The van der Waals surface area contributed by atoms with Crippen molar-refractivity contribution in [2.75, 3.05) is 33.5 Å². The number of nitrogens with one attached hydrogen (secondary N) is 2. The molecule has 2 fully saturated rings. The van der Waals surface area contributed by atoms with Crippen LogP contribution in [0.25, 0.3) is 0 Å². The fraction of sp³-hybridized carbons (Fsp3) is 0.480. The molecule has 0 atom stereocenters. The molecule has 2 aliphatic heterocycles. The van der Waals surface area contributed by atoms with E-state index in [9.17, 15) is 9.59 Å². The molecular formula is C25H30N4O5. The molecule has 3 heterocycles. The highest BCUT2D eigenvalue weighted by molar-refractivity contribution is 5.97. The molecule has 2 N–H and O–H groups in total. The highest BCUT2D eigenvalue weighted by Gasteiger charge is 2.35. The first-order chi connectivity index (χ1) is 16.6. The van der Waals surface area contributed by atoms with Crippen molar-refractivity contribution < 1.29 is 23.8 Å². The highest BCUT2D eigenvalue weighted by Crippen LogP contribution is 2.36. The maximum Gasteiger partial charge on any atom is 0.251 e. The summed E-state index contributed by atoms with van der Waals surface area (Å²) in [6.45, 7) is 1.83. The third-order valence-electron chi connectivity index (χ3n) is 6.97. The molecule has 2 aromatic rings. The minimum absolute atomic E-state index is 0.0508. The molecule has 1 aromatic carbocycles. The molecule has 1 saturated heterocycles. The van der Waals surface area contributed by atoms with E-state index in [1.165, 1.54) is 5.56 Å². The summed E-state index contributed by atoms with van der Waals surface area (Å²) in [6, 6.07) is 9.74. The average Bonchev–Trinajstić information content (AvgIpc) is 3.33. The standard InChI is InChI=1S/C25H30N4O5/c1-32-24-9-5-18(11-26-24)16-2-6-20(7-3-16)29-13-19(14-29)28-23(30)12-27-25(31)17-4-8-21-22(10-17)34-15-33-21/h4-5,8-11,16,19-20H,2-3,6-7,12-15H2,1H3,(H,27,31)(H,28,30). The maximum absolute atomic E-state index is 12.3. The molecule has 0 unspecified atom stereocenters. The average molecular weight is 467 g/mol. The number of fused-ring (bicyclic) bond motifs is 1. The molecule has 0 radical (unpaired) electrons. The summed E-state index contributed by atoms with van der Waals surface area (Å²) < 4.78 is 15.7. The van der Waals surface area contributed by atoms with E-state index in [4.69, 9.17) is 14.2 Å². The summed E-state index contributed by atoms with van der Waals surface area (Å²) in [4.78, 5) is 31.4. The minimum atomic E-state index is -0.312. The zero-order valence-electron chi connectivity index (χ0n) is 19.3. The van der Waals surface area contributed by atoms with Crippen LogP contribution in [0.4, 0.5) is 0 Å². The minimum Gasteiger partial charge on any atom is -0.481 e. The van der Waals surface area contributed by atoms with Gasteiger partial charge in [-0.05, 0) is 55.4 Å². The summed E-state index contributed by atoms with van der Waals surface area (Å²) in [7, 11) is 1.63. The lowest BCUT2D eigenvalue weighted by molar-refractivity contribution is -0.122. The van der Waals surface area contributed by atoms with Crippen molar-refractivity contribution in [3.05, 3.63) is 47.7 Å². The first kappa shape index (κ1) is 22.5. The van der Waals surface area contributed by atoms with Gasteiger partial charge in [-0.15, -0.1) is 0 Å². The zero-order valence-corrected chi connectivity index (χ0v) is 19.3. The molecule has 34 heavy (non-hydrogen) atoms. The summed E-state index contributed by atoms with van der Waals surface area (Å²) in [5, 5.41) is 5.69. The Morgan fingerprint density at radius 1 is 1.09 bits per heavy atom. The molecule has 0 bridgehead atoms. The van der Waals surface area contributed by atoms with Gasteiger partial charge in [0.2, 0.25) is 18.6 Å². The van der Waals surface area contributed by atoms with Crippen LogP contribution in [-0.2, 0) is 4.79 Å². The molecule has 2 amide bonds. The quantitative estimate of drug-likeness (QED) is 0.644. The van der Waals surface area contributed by atoms with Crippen LogP contribution >= 0.6 is 0 Å². The second-order valence-corrected chi connectivity index (χ2v) is 9.11. The second kappa shape index (κ2) is 9.89. The van der Waals surface area contributed by atoms with Crippen molar-refractivity contribution in [2.45, 2.75) is 43.7 Å². The number of hydrogen-bond acceptors (Lipinski definition) is 7. The van der Waals surface area contributed by atoms with E-state index in [2.05, 4.69) is 26.6 Å². The second-order valence-electron chi connectivity index (χ2n) is 9.11. The van der Waals surface area contributed by atoms with E-state index in [0.717, 1.165) is 38.8 Å². The lowest BCUT2D eigenvalue weighted by atomic mass is 9.81. The molecule has 9 heteroatoms. The van der Waals surface area contributed by atoms with Crippen LogP contribution < -0.4 is 24.8 Å². The predicted molar refractivity (Wildman–Crippen MR) is 124 cm³/mol. The third-order valence-corrected chi connectivity index (χ3v) is 6.97. The highest BCUT2D eigenvalue weighted by atomic mass is 16.7. The van der Waals surface area contributed by atoms with E-state index < -0.39 is 0 Å². The van der Waals surface area contributed by atoms with Gasteiger partial charge in [0, 0.05) is 37.0 Å². The topological polar surface area (TPSA) is 102 Å². The van der Waals surface area contributed by atoms with Crippen molar-refractivity contribution in [1.29, 1.82) is 0 Å². The van der Waals surface area contributed by atoms with E-state index in [0.29, 0.717) is 34.9 Å². The van der Waals surface area contributed by atoms with Crippen LogP contribution in [0.15, 0.2) is 36.5 Å². The van der Waals surface area contributed by atoms with Gasteiger partial charge in [0.15, 0.2) is 11.5 Å². The van der Waals surface area contributed by atoms with Crippen LogP contribution in [-0.4, -0.2) is 67.3 Å². The Kier molecular flexibility index (Phi) is 6.53. The van der Waals surface area contributed by atoms with Gasteiger partial charge in [0.05, 0.1) is 19.7 Å². The van der Waals surface area contributed by atoms with Gasteiger partial charge in [-0.3, -0.25) is 14.5 Å². The predicted octanol–water partition coefficient (Wildman–Crippen LogP) is 2.08. The largest absolute Gasteiger partial charge is 0.481 e. The van der Waals surface area contributed by atoms with Crippen molar-refractivity contribution >= 4 is 11.8 Å². The number of pyridine rings is 1. The lowest BCUT2D eigenvalue weighted by Crippen LogP contribution is -2.63. The number of hydrogen-bond donors (Lipinski definition) is 2. The zero-order chi connectivity index (χ0) is 23.5. The van der Waals surface area contributed by atoms with Gasteiger partial charge in [0.1, 0.15) is 0 Å². The molecular weight excluding hydrogens is 436 g/mol. The van der Waals surface area contributed by atoms with Crippen molar-refractivity contribution in [3.63, 3.8) is 0 Å². The number of methoxy groups -OCH3 is 1. The van der Waals surface area contributed by atoms with Crippen LogP contribution in [0, 0.1) is 0 Å². The normalized spacial score (nSPS) is 22.0. The molecule has 180 valence electrons. The fourth-order valence-corrected chi connectivity index (χ4v) is 5.01. The SMILES string of the molecule is COc1ccc(C2CCC(N3CC(NC(=O)CNC(=O)c4ccc5c(c4)OCO5)C3)CC2)cn1. The van der Waals surface area contributed by atoms with Crippen LogP contribution in [0.2, 0.25) is 0 Å². The van der Waals surface area contributed by atoms with Gasteiger partial charge < -0.3 is 24.8 Å². The number of amides is 2. The van der Waals surface area contributed by atoms with E-state index in [1.807, 2.05) is 12.3 Å². The number of carbonyl (C=O) groups excluding carboxylic acids is 2. The fourth-order valence-electron chi connectivity index (χ4n) is 5.01. The van der Waals surface area contributed by atoms with Gasteiger partial charge in [-0.25, -0.2) is 4.98 Å². The lowest BCUT2D eigenvalue weighted by Gasteiger charge is -2.46. The Morgan fingerprint density at radius 3 is 2.62 bits per heavy atom. The Bertz CT molecular complexity index is 1030. The van der Waals surface area contributed by atoms with Crippen molar-refractivity contribution in [3.8, 4) is 17.4 Å². The Hall–Kier alpha value is -3.33. The summed E-state index contributed by atoms with van der Waals surface area (Å²) in [5.41, 5.74) is 1.73. The first-order valence-corrected chi connectivity index (χ1v) is 11.8. The molecule has 1 saturated carbocycles. The Labute approximate surface area is 198 Å². The molecule has 5 rings (SSSR count). The van der Waals surface area contributed by atoms with Gasteiger partial charge >= 0.3 is 0 Å². The van der Waals surface area contributed by atoms with Crippen LogP contribution in [0.1, 0.15) is 47.5 Å². The van der Waals surface area contributed by atoms with Crippen molar-refractivity contribution in [1.82, 2.24) is 20.5 Å². The van der Waals surface area contributed by atoms with Gasteiger partial charge in [-0.1, -0.05) is 6.07 Å². The number of rotatable bonds is 7. The van der Waals surface area contributed by atoms with E-state index >= 15 is 0 Å². The van der Waals surface area contributed by atoms with E-state index in [-0.39, 0.29) is 31.2 Å². The van der Waals surface area contributed by atoms with E-state index in [1.54, 1.807) is 25.3 Å². The number of nitrogens with zero attached hydrogens (tertiary/aromatic N) is 2. The molecule has 9 nitrogen and oxygen atoms in total. The van der Waals surface area contributed by atoms with Crippen molar-refractivity contribution in [2.24, 2.45) is 0 Å². The van der Waals surface area contributed by atoms with Gasteiger partial charge in [-0.2, -0.15) is 0 Å². The molecule has 1 aliphatic carbocycles. The van der Waals surface area contributed by atoms with Gasteiger partial charge in [0.25, 0.3) is 5.91 Å². The molecule has 3 aliphatic rings.